The van der Waals surface area contributed by atoms with Crippen LogP contribution in [0.5, 0.6) is 0 Å². The number of rotatable bonds is 0. The maximum absolute atomic E-state index is 11.1. The number of para-hydroxylation sites is 1. The van der Waals surface area contributed by atoms with E-state index in [2.05, 4.69) is 0 Å². The molecule has 0 saturated carbocycles. The van der Waals surface area contributed by atoms with Crippen LogP contribution in [-0.4, -0.2) is 0 Å². The number of benzene rings is 1. The van der Waals surface area contributed by atoms with E-state index >= 15 is 0 Å². The Bertz CT molecular complexity index is 514. The maximum Gasteiger partial charge on any atom is 0.355 e. The Kier molecular flexibility index (Phi) is 1.85. The highest BCUT2D eigenvalue weighted by Gasteiger charge is 2.03. The number of hydrogen-bond donors (Lipinski definition) is 0. The molecule has 2 aromatic rings. The minimum absolute atomic E-state index is 0.123. The molecular weight excluding hydrogens is 188 g/mol. The van der Waals surface area contributed by atoms with Crippen molar-refractivity contribution >= 4 is 22.6 Å². The van der Waals surface area contributed by atoms with Crippen molar-refractivity contribution in [3.63, 3.8) is 0 Å². The second-order valence-corrected chi connectivity index (χ2v) is 3.28. The van der Waals surface area contributed by atoms with Crippen LogP contribution < -0.4 is 5.63 Å². The molecule has 2 rings (SSSR count). The molecule has 0 saturated heterocycles. The molecule has 1 heterocycles. The lowest BCUT2D eigenvalue weighted by atomic mass is 10.1. The highest BCUT2D eigenvalue weighted by molar-refractivity contribution is 6.30. The summed E-state index contributed by atoms with van der Waals surface area (Å²) in [5.74, 6) is 0. The predicted octanol–water partition coefficient (Wildman–Crippen LogP) is 2.75. The highest BCUT2D eigenvalue weighted by atomic mass is 35.5. The van der Waals surface area contributed by atoms with Crippen molar-refractivity contribution in [3.05, 3.63) is 45.3 Å². The third-order valence-electron chi connectivity index (χ3n) is 1.91. The minimum atomic E-state index is -0.483. The van der Waals surface area contributed by atoms with Gasteiger partial charge in [0.1, 0.15) is 10.6 Å². The summed E-state index contributed by atoms with van der Waals surface area (Å²) in [4.78, 5) is 11.1. The fraction of sp³-hybridized carbons (Fsp3) is 0.100. The molecule has 0 N–H and O–H groups in total. The molecular formula is C10H7ClO2. The van der Waals surface area contributed by atoms with Crippen LogP contribution in [0.25, 0.3) is 11.0 Å². The van der Waals surface area contributed by atoms with Gasteiger partial charge < -0.3 is 4.42 Å². The smallest absolute Gasteiger partial charge is 0.355 e. The van der Waals surface area contributed by atoms with E-state index in [4.69, 9.17) is 16.0 Å². The first-order chi connectivity index (χ1) is 6.18. The van der Waals surface area contributed by atoms with Gasteiger partial charge in [0.25, 0.3) is 0 Å². The van der Waals surface area contributed by atoms with E-state index in [9.17, 15) is 4.79 Å². The Morgan fingerprint density at radius 2 is 2.15 bits per heavy atom. The molecule has 0 unspecified atom stereocenters. The zero-order chi connectivity index (χ0) is 9.42. The molecule has 0 fully saturated rings. The topological polar surface area (TPSA) is 30.2 Å². The Balaban J connectivity index is 2.97. The molecule has 2 nitrogen and oxygen atoms in total. The van der Waals surface area contributed by atoms with Crippen LogP contribution in [0.1, 0.15) is 5.56 Å². The highest BCUT2D eigenvalue weighted by Crippen LogP contribution is 2.18. The predicted molar refractivity (Wildman–Crippen MR) is 52.2 cm³/mol. The Labute approximate surface area is 79.7 Å². The van der Waals surface area contributed by atoms with Gasteiger partial charge in [0.2, 0.25) is 0 Å². The van der Waals surface area contributed by atoms with E-state index in [0.717, 1.165) is 10.9 Å². The fourth-order valence-corrected chi connectivity index (χ4v) is 1.42. The first-order valence-corrected chi connectivity index (χ1v) is 4.25. The molecule has 0 bridgehead atoms. The monoisotopic (exact) mass is 194 g/mol. The molecule has 13 heavy (non-hydrogen) atoms. The van der Waals surface area contributed by atoms with Crippen molar-refractivity contribution in [1.82, 2.24) is 0 Å². The van der Waals surface area contributed by atoms with Gasteiger partial charge in [-0.05, 0) is 18.6 Å². The van der Waals surface area contributed by atoms with E-state index in [1.165, 1.54) is 0 Å². The largest absolute Gasteiger partial charge is 0.421 e. The number of hydrogen-bond acceptors (Lipinski definition) is 2. The number of aryl methyl sites for hydroxylation is 1. The standard InChI is InChI=1S/C10H7ClO2/c1-6-3-2-4-7-5-8(11)10(12)13-9(6)7/h2-5H,1H3. The van der Waals surface area contributed by atoms with Crippen molar-refractivity contribution < 1.29 is 4.42 Å². The molecule has 0 aliphatic rings. The van der Waals surface area contributed by atoms with E-state index < -0.39 is 5.63 Å². The molecule has 0 aliphatic carbocycles. The minimum Gasteiger partial charge on any atom is -0.421 e. The van der Waals surface area contributed by atoms with Gasteiger partial charge in [-0.2, -0.15) is 0 Å². The quantitative estimate of drug-likeness (QED) is 0.604. The zero-order valence-electron chi connectivity index (χ0n) is 7.00. The fourth-order valence-electron chi connectivity index (χ4n) is 1.27. The SMILES string of the molecule is Cc1cccc2cc(Cl)c(=O)oc12. The van der Waals surface area contributed by atoms with Crippen molar-refractivity contribution in [3.8, 4) is 0 Å². The average Bonchev–Trinajstić information content (AvgIpc) is 2.09. The first-order valence-electron chi connectivity index (χ1n) is 3.87. The molecule has 0 spiro atoms. The van der Waals surface area contributed by atoms with Crippen molar-refractivity contribution in [1.29, 1.82) is 0 Å². The lowest BCUT2D eigenvalue weighted by Gasteiger charge is -1.99. The Hall–Kier alpha value is -1.28. The van der Waals surface area contributed by atoms with Gasteiger partial charge in [0.15, 0.2) is 0 Å². The van der Waals surface area contributed by atoms with E-state index in [-0.39, 0.29) is 5.02 Å². The van der Waals surface area contributed by atoms with Gasteiger partial charge in [0, 0.05) is 5.39 Å². The Morgan fingerprint density at radius 1 is 1.38 bits per heavy atom. The van der Waals surface area contributed by atoms with Crippen molar-refractivity contribution in [2.75, 3.05) is 0 Å². The zero-order valence-corrected chi connectivity index (χ0v) is 7.76. The molecule has 0 aliphatic heterocycles. The van der Waals surface area contributed by atoms with Crippen LogP contribution in [-0.2, 0) is 0 Å². The average molecular weight is 195 g/mol. The van der Waals surface area contributed by atoms with Gasteiger partial charge in [-0.1, -0.05) is 29.8 Å². The lowest BCUT2D eigenvalue weighted by Crippen LogP contribution is -1.98. The summed E-state index contributed by atoms with van der Waals surface area (Å²) in [6, 6.07) is 7.26. The van der Waals surface area contributed by atoms with Crippen LogP contribution in [0.4, 0.5) is 0 Å². The van der Waals surface area contributed by atoms with E-state index in [1.807, 2.05) is 25.1 Å². The van der Waals surface area contributed by atoms with E-state index in [1.54, 1.807) is 6.07 Å². The summed E-state index contributed by atoms with van der Waals surface area (Å²) >= 11 is 5.63. The molecule has 1 aromatic heterocycles. The van der Waals surface area contributed by atoms with Crippen LogP contribution in [0.15, 0.2) is 33.5 Å². The van der Waals surface area contributed by atoms with Crippen molar-refractivity contribution in [2.24, 2.45) is 0 Å². The summed E-state index contributed by atoms with van der Waals surface area (Å²) in [6.45, 7) is 1.89. The molecule has 66 valence electrons. The second kappa shape index (κ2) is 2.89. The van der Waals surface area contributed by atoms with Gasteiger partial charge in [-0.25, -0.2) is 4.79 Å². The lowest BCUT2D eigenvalue weighted by molar-refractivity contribution is 0.559. The molecule has 1 aromatic carbocycles. The van der Waals surface area contributed by atoms with Gasteiger partial charge in [-0.3, -0.25) is 0 Å². The Morgan fingerprint density at radius 3 is 2.92 bits per heavy atom. The van der Waals surface area contributed by atoms with E-state index in [0.29, 0.717) is 5.58 Å². The third kappa shape index (κ3) is 1.33. The van der Waals surface area contributed by atoms with Crippen LogP contribution in [0.2, 0.25) is 5.02 Å². The maximum atomic E-state index is 11.1. The number of halogens is 1. The number of fused-ring (bicyclic) bond motifs is 1. The van der Waals surface area contributed by atoms with Gasteiger partial charge >= 0.3 is 5.63 Å². The first kappa shape index (κ1) is 8.32. The molecule has 0 amide bonds. The molecule has 0 radical (unpaired) electrons. The summed E-state index contributed by atoms with van der Waals surface area (Å²) in [6.07, 6.45) is 0. The summed E-state index contributed by atoms with van der Waals surface area (Å²) in [7, 11) is 0. The van der Waals surface area contributed by atoms with Crippen molar-refractivity contribution in [2.45, 2.75) is 6.92 Å². The normalized spacial score (nSPS) is 10.6. The van der Waals surface area contributed by atoms with Crippen LogP contribution in [0.3, 0.4) is 0 Å². The second-order valence-electron chi connectivity index (χ2n) is 2.88. The van der Waals surface area contributed by atoms with Gasteiger partial charge in [0.05, 0.1) is 0 Å². The summed E-state index contributed by atoms with van der Waals surface area (Å²) in [5.41, 5.74) is 1.06. The summed E-state index contributed by atoms with van der Waals surface area (Å²) in [5, 5.41) is 0.975. The van der Waals surface area contributed by atoms with Crippen LogP contribution in [0, 0.1) is 6.92 Å². The molecule has 0 atom stereocenters. The molecule has 3 heteroatoms. The van der Waals surface area contributed by atoms with Gasteiger partial charge in [-0.15, -0.1) is 0 Å². The third-order valence-corrected chi connectivity index (χ3v) is 2.18. The summed E-state index contributed by atoms with van der Waals surface area (Å²) < 4.78 is 5.04. The van der Waals surface area contributed by atoms with Crippen LogP contribution >= 0.6 is 11.6 Å².